The fourth-order valence-electron chi connectivity index (χ4n) is 1.81. The van der Waals surface area contributed by atoms with E-state index in [-0.39, 0.29) is 6.10 Å². The van der Waals surface area contributed by atoms with Crippen molar-refractivity contribution in [2.75, 3.05) is 25.6 Å². The minimum absolute atomic E-state index is 0.129. The summed E-state index contributed by atoms with van der Waals surface area (Å²) in [6.45, 7) is 3.65. The number of nitrogens with one attached hydrogen (secondary N) is 1. The van der Waals surface area contributed by atoms with E-state index in [0.29, 0.717) is 6.61 Å². The molecule has 0 radical (unpaired) electrons. The van der Waals surface area contributed by atoms with Crippen molar-refractivity contribution in [1.82, 2.24) is 0 Å². The molecule has 1 aromatic rings. The Morgan fingerprint density at radius 3 is 3.12 bits per heavy atom. The number of methoxy groups -OCH3 is 1. The molecule has 2 rings (SSSR count). The third-order valence-corrected chi connectivity index (χ3v) is 2.91. The van der Waals surface area contributed by atoms with Crippen LogP contribution < -0.4 is 10.1 Å². The van der Waals surface area contributed by atoms with Gasteiger partial charge >= 0.3 is 0 Å². The molecule has 1 aliphatic heterocycles. The molecule has 0 aliphatic carbocycles. The zero-order valence-electron chi connectivity index (χ0n) is 9.95. The Kier molecular flexibility index (Phi) is 3.67. The maximum absolute atomic E-state index is 5.66. The average molecular weight is 221 g/mol. The van der Waals surface area contributed by atoms with Crippen LogP contribution in [0.5, 0.6) is 5.75 Å². The number of hydrogen-bond donors (Lipinski definition) is 1. The Morgan fingerprint density at radius 1 is 1.44 bits per heavy atom. The van der Waals surface area contributed by atoms with Crippen LogP contribution >= 0.6 is 0 Å². The normalized spacial score (nSPS) is 16.1. The highest BCUT2D eigenvalue weighted by atomic mass is 16.5. The monoisotopic (exact) mass is 221 g/mol. The van der Waals surface area contributed by atoms with Crippen LogP contribution in [0.4, 0.5) is 5.69 Å². The quantitative estimate of drug-likeness (QED) is 0.847. The van der Waals surface area contributed by atoms with Gasteiger partial charge in [-0.25, -0.2) is 0 Å². The molecule has 0 amide bonds. The van der Waals surface area contributed by atoms with Crippen molar-refractivity contribution in [3.05, 3.63) is 23.8 Å². The van der Waals surface area contributed by atoms with Gasteiger partial charge in [0.05, 0.1) is 6.10 Å². The molecule has 3 heteroatoms. The summed E-state index contributed by atoms with van der Waals surface area (Å²) in [5, 5.41) is 3.39. The van der Waals surface area contributed by atoms with Crippen LogP contribution in [-0.4, -0.2) is 26.4 Å². The van der Waals surface area contributed by atoms with Crippen LogP contribution in [0.25, 0.3) is 0 Å². The number of rotatable bonds is 4. The topological polar surface area (TPSA) is 30.5 Å². The number of fused-ring (bicyclic) bond motifs is 1. The van der Waals surface area contributed by atoms with Crippen molar-refractivity contribution in [2.45, 2.75) is 25.9 Å². The summed E-state index contributed by atoms with van der Waals surface area (Å²) in [4.78, 5) is 0. The van der Waals surface area contributed by atoms with E-state index >= 15 is 0 Å². The smallest absolute Gasteiger partial charge is 0.121 e. The van der Waals surface area contributed by atoms with E-state index in [4.69, 9.17) is 9.47 Å². The third-order valence-electron chi connectivity index (χ3n) is 2.91. The average Bonchev–Trinajstić information content (AvgIpc) is 2.35. The first-order chi connectivity index (χ1) is 7.79. The van der Waals surface area contributed by atoms with Gasteiger partial charge in [-0.05, 0) is 31.4 Å². The summed E-state index contributed by atoms with van der Waals surface area (Å²) in [5.74, 6) is 0.914. The molecule has 88 valence electrons. The van der Waals surface area contributed by atoms with Gasteiger partial charge in [0.1, 0.15) is 12.4 Å². The van der Waals surface area contributed by atoms with Crippen molar-refractivity contribution >= 4 is 5.69 Å². The zero-order valence-corrected chi connectivity index (χ0v) is 9.95. The molecule has 0 aromatic heterocycles. The van der Waals surface area contributed by atoms with Crippen LogP contribution in [-0.2, 0) is 11.2 Å². The van der Waals surface area contributed by atoms with Crippen molar-refractivity contribution < 1.29 is 9.47 Å². The molecule has 1 atom stereocenters. The molecule has 0 saturated carbocycles. The van der Waals surface area contributed by atoms with Gasteiger partial charge in [-0.2, -0.15) is 0 Å². The van der Waals surface area contributed by atoms with Gasteiger partial charge < -0.3 is 14.8 Å². The first-order valence-electron chi connectivity index (χ1n) is 5.82. The molecular formula is C13H19NO2. The summed E-state index contributed by atoms with van der Waals surface area (Å²) < 4.78 is 10.8. The zero-order chi connectivity index (χ0) is 11.4. The summed E-state index contributed by atoms with van der Waals surface area (Å²) in [6, 6.07) is 6.26. The van der Waals surface area contributed by atoms with E-state index in [0.717, 1.165) is 18.7 Å². The summed E-state index contributed by atoms with van der Waals surface area (Å²) in [7, 11) is 1.70. The standard InChI is InChI=1S/C13H19NO2/c1-10(15-2)9-16-12-6-5-11-4-3-7-14-13(11)8-12/h5-6,8,10,14H,3-4,7,9H2,1-2H3. The molecule has 1 aromatic carbocycles. The van der Waals surface area contributed by atoms with E-state index in [1.807, 2.05) is 13.0 Å². The maximum atomic E-state index is 5.66. The van der Waals surface area contributed by atoms with Gasteiger partial charge in [-0.3, -0.25) is 0 Å². The minimum Gasteiger partial charge on any atom is -0.491 e. The molecule has 3 nitrogen and oxygen atoms in total. The Hall–Kier alpha value is -1.22. The van der Waals surface area contributed by atoms with Gasteiger partial charge in [0.25, 0.3) is 0 Å². The SMILES string of the molecule is COC(C)COc1ccc2c(c1)NCCC2. The highest BCUT2D eigenvalue weighted by Gasteiger charge is 2.09. The lowest BCUT2D eigenvalue weighted by atomic mass is 10.0. The van der Waals surface area contributed by atoms with Gasteiger partial charge in [0, 0.05) is 25.4 Å². The highest BCUT2D eigenvalue weighted by Crippen LogP contribution is 2.26. The summed E-state index contributed by atoms with van der Waals surface area (Å²) in [5.41, 5.74) is 2.60. The lowest BCUT2D eigenvalue weighted by Gasteiger charge is -2.19. The lowest BCUT2D eigenvalue weighted by molar-refractivity contribution is 0.0717. The number of hydrogen-bond acceptors (Lipinski definition) is 3. The Bertz CT molecular complexity index is 352. The van der Waals surface area contributed by atoms with Gasteiger partial charge in [0.2, 0.25) is 0 Å². The van der Waals surface area contributed by atoms with Gasteiger partial charge in [-0.15, -0.1) is 0 Å². The maximum Gasteiger partial charge on any atom is 0.121 e. The van der Waals surface area contributed by atoms with Gasteiger partial charge in [0.15, 0.2) is 0 Å². The summed E-state index contributed by atoms with van der Waals surface area (Å²) >= 11 is 0. The fraction of sp³-hybridized carbons (Fsp3) is 0.538. The second-order valence-corrected chi connectivity index (χ2v) is 4.21. The van der Waals surface area contributed by atoms with E-state index in [9.17, 15) is 0 Å². The van der Waals surface area contributed by atoms with Crippen molar-refractivity contribution in [2.24, 2.45) is 0 Å². The number of ether oxygens (including phenoxy) is 2. The fourth-order valence-corrected chi connectivity index (χ4v) is 1.81. The van der Waals surface area contributed by atoms with Crippen molar-refractivity contribution in [3.63, 3.8) is 0 Å². The first kappa shape index (κ1) is 11.3. The predicted octanol–water partition coefficient (Wildman–Crippen LogP) is 2.46. The second-order valence-electron chi connectivity index (χ2n) is 4.21. The highest BCUT2D eigenvalue weighted by molar-refractivity contribution is 5.56. The third kappa shape index (κ3) is 2.67. The molecular weight excluding hydrogens is 202 g/mol. The van der Waals surface area contributed by atoms with E-state index in [1.165, 1.54) is 17.7 Å². The largest absolute Gasteiger partial charge is 0.491 e. The molecule has 0 bridgehead atoms. The molecule has 1 aliphatic rings. The number of aryl methyl sites for hydroxylation is 1. The Labute approximate surface area is 96.8 Å². The van der Waals surface area contributed by atoms with Crippen LogP contribution in [0, 0.1) is 0 Å². The van der Waals surface area contributed by atoms with E-state index < -0.39 is 0 Å². The van der Waals surface area contributed by atoms with Crippen LogP contribution in [0.3, 0.4) is 0 Å². The lowest BCUT2D eigenvalue weighted by Crippen LogP contribution is -2.16. The summed E-state index contributed by atoms with van der Waals surface area (Å²) in [6.07, 6.45) is 2.51. The second kappa shape index (κ2) is 5.21. The minimum atomic E-state index is 0.129. The molecule has 0 saturated heterocycles. The van der Waals surface area contributed by atoms with Crippen LogP contribution in [0.1, 0.15) is 18.9 Å². The molecule has 0 spiro atoms. The van der Waals surface area contributed by atoms with Crippen LogP contribution in [0.2, 0.25) is 0 Å². The molecule has 0 fully saturated rings. The first-order valence-corrected chi connectivity index (χ1v) is 5.82. The Balaban J connectivity index is 2.00. The van der Waals surface area contributed by atoms with E-state index in [2.05, 4.69) is 17.4 Å². The molecule has 16 heavy (non-hydrogen) atoms. The molecule has 1 N–H and O–H groups in total. The van der Waals surface area contributed by atoms with Crippen molar-refractivity contribution in [1.29, 1.82) is 0 Å². The number of anilines is 1. The number of benzene rings is 1. The van der Waals surface area contributed by atoms with Gasteiger partial charge in [-0.1, -0.05) is 6.07 Å². The Morgan fingerprint density at radius 2 is 2.31 bits per heavy atom. The van der Waals surface area contributed by atoms with Crippen molar-refractivity contribution in [3.8, 4) is 5.75 Å². The van der Waals surface area contributed by atoms with Crippen LogP contribution in [0.15, 0.2) is 18.2 Å². The van der Waals surface area contributed by atoms with E-state index in [1.54, 1.807) is 7.11 Å². The predicted molar refractivity (Wildman–Crippen MR) is 65.2 cm³/mol. The molecule has 1 unspecified atom stereocenters. The molecule has 1 heterocycles.